The number of hydrogen-bond donors (Lipinski definition) is 1. The average Bonchev–Trinajstić information content (AvgIpc) is 3.17. The number of hydrogen-bond acceptors (Lipinski definition) is 4. The second-order valence-electron chi connectivity index (χ2n) is 5.41. The molecule has 1 N–H and O–H groups in total. The van der Waals surface area contributed by atoms with E-state index in [0.29, 0.717) is 22.6 Å². The second-order valence-corrected chi connectivity index (χ2v) is 6.42. The van der Waals surface area contributed by atoms with Gasteiger partial charge in [0.1, 0.15) is 5.82 Å². The van der Waals surface area contributed by atoms with Gasteiger partial charge in [0.2, 0.25) is 0 Å². The molecule has 110 valence electrons. The third-order valence-electron chi connectivity index (χ3n) is 3.68. The van der Waals surface area contributed by atoms with E-state index < -0.39 is 6.10 Å². The first-order valence-electron chi connectivity index (χ1n) is 6.63. The second kappa shape index (κ2) is 6.14. The molecule has 0 aliphatic heterocycles. The lowest BCUT2D eigenvalue weighted by molar-refractivity contribution is -0.141. The molecule has 5 heteroatoms. The lowest BCUT2D eigenvalue weighted by Crippen LogP contribution is -2.13. The van der Waals surface area contributed by atoms with Crippen molar-refractivity contribution in [3.63, 3.8) is 0 Å². The molecule has 2 rings (SSSR count). The zero-order valence-corrected chi connectivity index (χ0v) is 12.5. The smallest absolute Gasteiger partial charge is 0.306 e. The van der Waals surface area contributed by atoms with Crippen LogP contribution in [0.5, 0.6) is 0 Å². The molecule has 0 saturated heterocycles. The first-order chi connectivity index (χ1) is 9.46. The largest absolute Gasteiger partial charge is 0.469 e. The van der Waals surface area contributed by atoms with Gasteiger partial charge in [0.05, 0.1) is 19.6 Å². The maximum Gasteiger partial charge on any atom is 0.306 e. The van der Waals surface area contributed by atoms with Gasteiger partial charge in [-0.15, -0.1) is 11.8 Å². The van der Waals surface area contributed by atoms with Crippen LogP contribution in [0.1, 0.15) is 37.9 Å². The number of methoxy groups -OCH3 is 1. The van der Waals surface area contributed by atoms with Crippen molar-refractivity contribution in [1.82, 2.24) is 0 Å². The van der Waals surface area contributed by atoms with E-state index in [1.165, 1.54) is 24.9 Å². The van der Waals surface area contributed by atoms with E-state index in [1.54, 1.807) is 19.1 Å². The molecule has 0 unspecified atom stereocenters. The minimum absolute atomic E-state index is 0.0207. The summed E-state index contributed by atoms with van der Waals surface area (Å²) in [5.41, 5.74) is 0.551. The molecule has 0 radical (unpaired) electrons. The molecule has 0 amide bonds. The highest BCUT2D eigenvalue weighted by Gasteiger charge is 2.44. The number of ether oxygens (including phenoxy) is 1. The van der Waals surface area contributed by atoms with Gasteiger partial charge in [-0.3, -0.25) is 4.79 Å². The highest BCUT2D eigenvalue weighted by atomic mass is 32.2. The van der Waals surface area contributed by atoms with Gasteiger partial charge < -0.3 is 9.84 Å². The van der Waals surface area contributed by atoms with Gasteiger partial charge in [-0.2, -0.15) is 0 Å². The van der Waals surface area contributed by atoms with Crippen molar-refractivity contribution in [2.45, 2.75) is 37.2 Å². The van der Waals surface area contributed by atoms with Crippen LogP contribution in [0.3, 0.4) is 0 Å². The molecule has 0 heterocycles. The summed E-state index contributed by atoms with van der Waals surface area (Å²) in [5.74, 6) is 0.197. The van der Waals surface area contributed by atoms with Crippen LogP contribution < -0.4 is 0 Å². The Labute approximate surface area is 122 Å². The van der Waals surface area contributed by atoms with Crippen molar-refractivity contribution in [1.29, 1.82) is 0 Å². The van der Waals surface area contributed by atoms with E-state index in [-0.39, 0.29) is 17.2 Å². The van der Waals surface area contributed by atoms with Crippen molar-refractivity contribution in [3.8, 4) is 0 Å². The van der Waals surface area contributed by atoms with Gasteiger partial charge in [0.15, 0.2) is 0 Å². The number of halogens is 1. The van der Waals surface area contributed by atoms with Crippen LogP contribution in [0.15, 0.2) is 23.1 Å². The molecule has 1 aromatic carbocycles. The van der Waals surface area contributed by atoms with Gasteiger partial charge >= 0.3 is 5.97 Å². The maximum absolute atomic E-state index is 13.9. The van der Waals surface area contributed by atoms with Crippen LogP contribution in [0.2, 0.25) is 0 Å². The predicted molar refractivity (Wildman–Crippen MR) is 76.1 cm³/mol. The van der Waals surface area contributed by atoms with E-state index in [0.717, 1.165) is 12.8 Å². The minimum Gasteiger partial charge on any atom is -0.469 e. The highest BCUT2D eigenvalue weighted by molar-refractivity contribution is 7.99. The lowest BCUT2D eigenvalue weighted by atomic mass is 10.1. The van der Waals surface area contributed by atoms with Gasteiger partial charge in [0.25, 0.3) is 0 Å². The number of aliphatic hydroxyl groups is 1. The third-order valence-corrected chi connectivity index (χ3v) is 5.08. The van der Waals surface area contributed by atoms with Crippen LogP contribution in [-0.2, 0) is 9.53 Å². The van der Waals surface area contributed by atoms with Crippen LogP contribution in [-0.4, -0.2) is 23.9 Å². The minimum atomic E-state index is -0.669. The molecule has 0 spiro atoms. The van der Waals surface area contributed by atoms with Crippen LogP contribution in [0.4, 0.5) is 4.39 Å². The molecule has 1 aliphatic carbocycles. The zero-order valence-electron chi connectivity index (χ0n) is 11.7. The summed E-state index contributed by atoms with van der Waals surface area (Å²) in [4.78, 5) is 11.9. The van der Waals surface area contributed by atoms with Crippen LogP contribution in [0, 0.1) is 11.2 Å². The summed E-state index contributed by atoms with van der Waals surface area (Å²) >= 11 is 1.42. The summed E-state index contributed by atoms with van der Waals surface area (Å²) in [6.45, 7) is 1.61. The summed E-state index contributed by atoms with van der Waals surface area (Å²) < 4.78 is 18.6. The van der Waals surface area contributed by atoms with Crippen LogP contribution >= 0.6 is 11.8 Å². The number of carbonyl (C=O) groups excluding carboxylic acids is 1. The predicted octanol–water partition coefficient (Wildman–Crippen LogP) is 3.31. The first kappa shape index (κ1) is 15.3. The van der Waals surface area contributed by atoms with E-state index in [9.17, 15) is 14.3 Å². The molecule has 20 heavy (non-hydrogen) atoms. The Morgan fingerprint density at radius 3 is 2.75 bits per heavy atom. The number of esters is 1. The molecule has 1 fully saturated rings. The van der Waals surface area contributed by atoms with E-state index in [2.05, 4.69) is 0 Å². The fraction of sp³-hybridized carbons (Fsp3) is 0.533. The monoisotopic (exact) mass is 298 g/mol. The fourth-order valence-corrected chi connectivity index (χ4v) is 3.27. The average molecular weight is 298 g/mol. The van der Waals surface area contributed by atoms with E-state index in [1.807, 2.05) is 0 Å². The number of thioether (sulfide) groups is 1. The van der Waals surface area contributed by atoms with E-state index in [4.69, 9.17) is 4.74 Å². The lowest BCUT2D eigenvalue weighted by Gasteiger charge is -2.14. The van der Waals surface area contributed by atoms with Crippen molar-refractivity contribution in [3.05, 3.63) is 29.6 Å². The topological polar surface area (TPSA) is 46.5 Å². The van der Waals surface area contributed by atoms with Crippen molar-refractivity contribution >= 4 is 17.7 Å². The number of benzene rings is 1. The number of rotatable bonds is 6. The molecule has 1 aliphatic rings. The highest BCUT2D eigenvalue weighted by Crippen LogP contribution is 2.52. The van der Waals surface area contributed by atoms with Crippen LogP contribution in [0.25, 0.3) is 0 Å². The van der Waals surface area contributed by atoms with Gasteiger partial charge in [0, 0.05) is 10.6 Å². The van der Waals surface area contributed by atoms with Crippen molar-refractivity contribution < 1.29 is 19.0 Å². The van der Waals surface area contributed by atoms with Gasteiger partial charge in [-0.05, 0) is 42.9 Å². The molecule has 1 atom stereocenters. The Hall–Kier alpha value is -1.07. The molecular formula is C15H19FO3S. The number of carbonyl (C=O) groups is 1. The van der Waals surface area contributed by atoms with Gasteiger partial charge in [-0.1, -0.05) is 6.07 Å². The first-order valence-corrected chi connectivity index (χ1v) is 7.61. The third kappa shape index (κ3) is 3.73. The maximum atomic E-state index is 13.9. The summed E-state index contributed by atoms with van der Waals surface area (Å²) in [5, 5.41) is 9.41. The number of aliphatic hydroxyl groups excluding tert-OH is 1. The Balaban J connectivity index is 1.96. The quantitative estimate of drug-likeness (QED) is 0.646. The van der Waals surface area contributed by atoms with Crippen molar-refractivity contribution in [2.75, 3.05) is 12.9 Å². The molecule has 1 saturated carbocycles. The Kier molecular flexibility index (Phi) is 4.70. The summed E-state index contributed by atoms with van der Waals surface area (Å²) in [6, 6.07) is 4.79. The Bertz CT molecular complexity index is 498. The fourth-order valence-electron chi connectivity index (χ4n) is 2.05. The Morgan fingerprint density at radius 2 is 2.25 bits per heavy atom. The summed E-state index contributed by atoms with van der Waals surface area (Å²) in [6.07, 6.45) is 1.71. The van der Waals surface area contributed by atoms with E-state index >= 15 is 0 Å². The molecule has 1 aromatic rings. The molecule has 0 aromatic heterocycles. The molecular weight excluding hydrogens is 279 g/mol. The normalized spacial score (nSPS) is 17.6. The Morgan fingerprint density at radius 1 is 1.55 bits per heavy atom. The summed E-state index contributed by atoms with van der Waals surface area (Å²) in [7, 11) is 1.39. The standard InChI is InChI=1S/C15H19FO3S/c1-10(17)11-3-4-13(12(16)7-11)20-9-15(5-6-15)8-14(18)19-2/h3-4,7,10,17H,5-6,8-9H2,1-2H3/t10-/m1/s1. The molecule has 3 nitrogen and oxygen atoms in total. The van der Waals surface area contributed by atoms with Crippen molar-refractivity contribution in [2.24, 2.45) is 5.41 Å². The SMILES string of the molecule is COC(=O)CC1(CSc2ccc([C@@H](C)O)cc2F)CC1. The van der Waals surface area contributed by atoms with Gasteiger partial charge in [-0.25, -0.2) is 4.39 Å². The zero-order chi connectivity index (χ0) is 14.8. The molecule has 0 bridgehead atoms.